The number of rotatable bonds is 14. The number of carboxylic acid groups (broad SMARTS) is 3. The molecule has 0 aromatic heterocycles. The number of aliphatic carboxylic acids is 3. The minimum Gasteiger partial charge on any atom is -0.481 e. The Labute approximate surface area is 155 Å². The Morgan fingerprint density at radius 1 is 0.741 bits per heavy atom. The second kappa shape index (κ2) is 11.4. The molecule has 11 nitrogen and oxygen atoms in total. The number of carbonyl (C=O) groups excluding carboxylic acids is 2. The van der Waals surface area contributed by atoms with Crippen LogP contribution in [0.25, 0.3) is 0 Å². The van der Waals surface area contributed by atoms with Gasteiger partial charge in [0.2, 0.25) is 0 Å². The summed E-state index contributed by atoms with van der Waals surface area (Å²) in [4.78, 5) is 57.5. The molecule has 4 atom stereocenters. The third-order valence-corrected chi connectivity index (χ3v) is 4.19. The molecule has 0 bridgehead atoms. The van der Waals surface area contributed by atoms with Crippen molar-refractivity contribution in [3.05, 3.63) is 0 Å². The van der Waals surface area contributed by atoms with Gasteiger partial charge >= 0.3 is 17.9 Å². The fourth-order valence-electron chi connectivity index (χ4n) is 2.64. The van der Waals surface area contributed by atoms with Crippen LogP contribution in [-0.2, 0) is 24.0 Å². The average Bonchev–Trinajstić information content (AvgIpc) is 2.56. The molecular weight excluding hydrogens is 362 g/mol. The molecule has 0 aliphatic rings. The van der Waals surface area contributed by atoms with Gasteiger partial charge in [0.15, 0.2) is 11.6 Å². The number of ketones is 2. The molecule has 0 aromatic carbocycles. The molecule has 9 N–H and O–H groups in total. The van der Waals surface area contributed by atoms with Crippen LogP contribution in [0, 0.1) is 11.8 Å². The van der Waals surface area contributed by atoms with Crippen LogP contribution in [-0.4, -0.2) is 62.9 Å². The molecule has 0 saturated carbocycles. The molecule has 0 saturated heterocycles. The highest BCUT2D eigenvalue weighted by molar-refractivity contribution is 6.07. The first-order chi connectivity index (χ1) is 12.4. The van der Waals surface area contributed by atoms with Gasteiger partial charge in [-0.05, 0) is 25.2 Å². The van der Waals surface area contributed by atoms with E-state index in [4.69, 9.17) is 32.5 Å². The van der Waals surface area contributed by atoms with E-state index < -0.39 is 59.4 Å². The first-order valence-electron chi connectivity index (χ1n) is 8.39. The first kappa shape index (κ1) is 24.6. The molecule has 27 heavy (non-hydrogen) atoms. The summed E-state index contributed by atoms with van der Waals surface area (Å²) in [5.74, 6) is -7.41. The van der Waals surface area contributed by atoms with Crippen molar-refractivity contribution in [2.24, 2.45) is 29.0 Å². The summed E-state index contributed by atoms with van der Waals surface area (Å²) in [5.41, 5.74) is 16.9. The maximum absolute atomic E-state index is 12.6. The number of carbonyl (C=O) groups is 5. The number of Topliss-reactive ketones (excluding diaryl/α,β-unsaturated/α-hetero) is 2. The van der Waals surface area contributed by atoms with E-state index in [1.807, 2.05) is 0 Å². The molecule has 0 aromatic rings. The van der Waals surface area contributed by atoms with Crippen LogP contribution >= 0.6 is 0 Å². The SMILES string of the molecule is CC(C[C@H](N)C(=O)O)C(C(=O)[C@@H](N)CCC(=O)O)C(=O)[C@@H](N)CCC(=O)O. The molecule has 0 rings (SSSR count). The molecule has 0 spiro atoms. The Balaban J connectivity index is 5.43. The standard InChI is InChI=1S/C16H27N3O8/c1-7(6-10(19)16(26)27)13(14(24)8(17)2-4-11(20)21)15(25)9(18)3-5-12(22)23/h7-10,13H,2-6,17-19H2,1H3,(H,20,21)(H,22,23)(H,26,27)/t7?,8-,9-,10-/m0/s1. The molecule has 0 fully saturated rings. The van der Waals surface area contributed by atoms with Crippen LogP contribution in [0.1, 0.15) is 39.0 Å². The number of nitrogens with two attached hydrogens (primary N) is 3. The topological polar surface area (TPSA) is 224 Å². The van der Waals surface area contributed by atoms with E-state index in [-0.39, 0.29) is 32.1 Å². The summed E-state index contributed by atoms with van der Waals surface area (Å²) in [7, 11) is 0. The monoisotopic (exact) mass is 389 g/mol. The van der Waals surface area contributed by atoms with Gasteiger partial charge in [0.25, 0.3) is 0 Å². The van der Waals surface area contributed by atoms with Gasteiger partial charge in [-0.3, -0.25) is 24.0 Å². The molecule has 0 aliphatic carbocycles. The summed E-state index contributed by atoms with van der Waals surface area (Å²) >= 11 is 0. The summed E-state index contributed by atoms with van der Waals surface area (Å²) < 4.78 is 0. The van der Waals surface area contributed by atoms with Gasteiger partial charge in [-0.2, -0.15) is 0 Å². The van der Waals surface area contributed by atoms with Crippen molar-refractivity contribution >= 4 is 29.5 Å². The van der Waals surface area contributed by atoms with E-state index in [2.05, 4.69) is 0 Å². The fraction of sp³-hybridized carbons (Fsp3) is 0.688. The lowest BCUT2D eigenvalue weighted by Crippen LogP contribution is -2.48. The minimum absolute atomic E-state index is 0.208. The predicted molar refractivity (Wildman–Crippen MR) is 92.6 cm³/mol. The Kier molecular flexibility index (Phi) is 10.4. The van der Waals surface area contributed by atoms with Gasteiger partial charge in [-0.15, -0.1) is 0 Å². The number of hydrogen-bond donors (Lipinski definition) is 6. The summed E-state index contributed by atoms with van der Waals surface area (Å²) in [6.07, 6.45) is -1.40. The zero-order valence-electron chi connectivity index (χ0n) is 15.0. The van der Waals surface area contributed by atoms with E-state index in [0.717, 1.165) is 0 Å². The number of carboxylic acids is 3. The van der Waals surface area contributed by atoms with Crippen molar-refractivity contribution in [1.82, 2.24) is 0 Å². The van der Waals surface area contributed by atoms with Gasteiger partial charge in [0.05, 0.1) is 18.0 Å². The third kappa shape index (κ3) is 8.71. The van der Waals surface area contributed by atoms with Crippen molar-refractivity contribution in [3.8, 4) is 0 Å². The molecule has 0 heterocycles. The van der Waals surface area contributed by atoms with Crippen LogP contribution in [0.2, 0.25) is 0 Å². The molecule has 1 unspecified atom stereocenters. The van der Waals surface area contributed by atoms with E-state index >= 15 is 0 Å². The highest BCUT2D eigenvalue weighted by Gasteiger charge is 2.38. The van der Waals surface area contributed by atoms with Gasteiger partial charge < -0.3 is 32.5 Å². The maximum Gasteiger partial charge on any atom is 0.320 e. The normalized spacial score (nSPS) is 15.6. The van der Waals surface area contributed by atoms with Gasteiger partial charge in [-0.1, -0.05) is 6.92 Å². The molecule has 154 valence electrons. The molecule has 0 amide bonds. The Bertz CT molecular complexity index is 544. The average molecular weight is 389 g/mol. The van der Waals surface area contributed by atoms with E-state index in [1.165, 1.54) is 6.92 Å². The van der Waals surface area contributed by atoms with Crippen molar-refractivity contribution in [3.63, 3.8) is 0 Å². The molecular formula is C16H27N3O8. The summed E-state index contributed by atoms with van der Waals surface area (Å²) in [6, 6.07) is -3.84. The third-order valence-electron chi connectivity index (χ3n) is 4.19. The number of hydrogen-bond acceptors (Lipinski definition) is 8. The van der Waals surface area contributed by atoms with Gasteiger partial charge in [-0.25, -0.2) is 0 Å². The van der Waals surface area contributed by atoms with Crippen molar-refractivity contribution < 1.29 is 39.3 Å². The van der Waals surface area contributed by atoms with E-state index in [1.54, 1.807) is 0 Å². The molecule has 11 heteroatoms. The van der Waals surface area contributed by atoms with Gasteiger partial charge in [0, 0.05) is 12.8 Å². The summed E-state index contributed by atoms with van der Waals surface area (Å²) in [5, 5.41) is 26.3. The molecule has 0 radical (unpaired) electrons. The quantitative estimate of drug-likeness (QED) is 0.189. The lowest BCUT2D eigenvalue weighted by atomic mass is 9.77. The second-order valence-electron chi connectivity index (χ2n) is 6.52. The first-order valence-corrected chi connectivity index (χ1v) is 8.39. The van der Waals surface area contributed by atoms with Crippen molar-refractivity contribution in [2.45, 2.75) is 57.2 Å². The van der Waals surface area contributed by atoms with E-state index in [9.17, 15) is 24.0 Å². The predicted octanol–water partition coefficient (Wildman–Crippen LogP) is -1.44. The second-order valence-corrected chi connectivity index (χ2v) is 6.52. The van der Waals surface area contributed by atoms with Gasteiger partial charge in [0.1, 0.15) is 6.04 Å². The van der Waals surface area contributed by atoms with Crippen LogP contribution in [0.3, 0.4) is 0 Å². The van der Waals surface area contributed by atoms with Crippen LogP contribution in [0.15, 0.2) is 0 Å². The van der Waals surface area contributed by atoms with Crippen LogP contribution in [0.4, 0.5) is 0 Å². The smallest absolute Gasteiger partial charge is 0.320 e. The van der Waals surface area contributed by atoms with E-state index in [0.29, 0.717) is 0 Å². The fourth-order valence-corrected chi connectivity index (χ4v) is 2.64. The highest BCUT2D eigenvalue weighted by atomic mass is 16.4. The molecule has 0 aliphatic heterocycles. The van der Waals surface area contributed by atoms with Crippen LogP contribution < -0.4 is 17.2 Å². The Hall–Kier alpha value is -2.37. The maximum atomic E-state index is 12.6. The Morgan fingerprint density at radius 2 is 1.11 bits per heavy atom. The lowest BCUT2D eigenvalue weighted by Gasteiger charge is -2.27. The van der Waals surface area contributed by atoms with Crippen LogP contribution in [0.5, 0.6) is 0 Å². The summed E-state index contributed by atoms with van der Waals surface area (Å²) in [6.45, 7) is 1.44. The lowest BCUT2D eigenvalue weighted by molar-refractivity contribution is -0.142. The minimum atomic E-state index is -1.40. The zero-order chi connectivity index (χ0) is 21.3. The highest BCUT2D eigenvalue weighted by Crippen LogP contribution is 2.23. The largest absolute Gasteiger partial charge is 0.481 e. The Morgan fingerprint density at radius 3 is 1.41 bits per heavy atom. The van der Waals surface area contributed by atoms with Crippen molar-refractivity contribution in [2.75, 3.05) is 0 Å². The zero-order valence-corrected chi connectivity index (χ0v) is 15.0. The van der Waals surface area contributed by atoms with Crippen molar-refractivity contribution in [1.29, 1.82) is 0 Å².